The lowest BCUT2D eigenvalue weighted by atomic mass is 10.1. The predicted octanol–water partition coefficient (Wildman–Crippen LogP) is 0.751. The highest BCUT2D eigenvalue weighted by atomic mass is 19.1. The van der Waals surface area contributed by atoms with Gasteiger partial charge in [0.1, 0.15) is 18.9 Å². The molecular weight excluding hydrogens is 203 g/mol. The third kappa shape index (κ3) is 1.92. The van der Waals surface area contributed by atoms with Crippen LogP contribution in [0.4, 0.5) is 4.39 Å². The molecule has 0 spiro atoms. The van der Waals surface area contributed by atoms with Crippen LogP contribution >= 0.6 is 0 Å². The number of aliphatic hydroxyl groups excluding tert-OH is 1. The Bertz CT molecular complexity index is 277. The van der Waals surface area contributed by atoms with E-state index >= 15 is 0 Å². The van der Waals surface area contributed by atoms with Crippen LogP contribution in [0, 0.1) is 0 Å². The van der Waals surface area contributed by atoms with Crippen LogP contribution < -0.4 is 0 Å². The molecule has 2 fully saturated rings. The maximum absolute atomic E-state index is 12.3. The number of rotatable bonds is 2. The van der Waals surface area contributed by atoms with Gasteiger partial charge in [0.25, 0.3) is 0 Å². The molecule has 0 aliphatic carbocycles. The van der Waals surface area contributed by atoms with E-state index in [1.807, 2.05) is 0 Å². The lowest BCUT2D eigenvalue weighted by Crippen LogP contribution is -2.26. The summed E-state index contributed by atoms with van der Waals surface area (Å²) >= 11 is 0. The molecule has 15 heavy (non-hydrogen) atoms. The lowest BCUT2D eigenvalue weighted by Gasteiger charge is -2.20. The molecule has 2 heterocycles. The van der Waals surface area contributed by atoms with Crippen molar-refractivity contribution in [1.82, 2.24) is 0 Å². The summed E-state index contributed by atoms with van der Waals surface area (Å²) in [6.07, 6.45) is -0.0502. The highest BCUT2D eigenvalue weighted by Gasteiger charge is 2.51. The van der Waals surface area contributed by atoms with Crippen LogP contribution in [-0.2, 0) is 14.2 Å². The van der Waals surface area contributed by atoms with Gasteiger partial charge in [-0.15, -0.1) is 0 Å². The Morgan fingerprint density at radius 3 is 2.80 bits per heavy atom. The smallest absolute Gasteiger partial charge is 0.191 e. The monoisotopic (exact) mass is 218 g/mol. The van der Waals surface area contributed by atoms with E-state index in [4.69, 9.17) is 19.3 Å². The molecule has 2 aliphatic rings. The van der Waals surface area contributed by atoms with E-state index in [0.717, 1.165) is 0 Å². The minimum absolute atomic E-state index is 0.189. The molecule has 1 N–H and O–H groups in total. The van der Waals surface area contributed by atoms with Gasteiger partial charge in [-0.3, -0.25) is 0 Å². The van der Waals surface area contributed by atoms with E-state index in [1.54, 1.807) is 13.8 Å². The van der Waals surface area contributed by atoms with Crippen molar-refractivity contribution in [2.75, 3.05) is 13.3 Å². The summed E-state index contributed by atoms with van der Waals surface area (Å²) in [7, 11) is 0. The summed E-state index contributed by atoms with van der Waals surface area (Å²) in [4.78, 5) is 0. The van der Waals surface area contributed by atoms with E-state index < -0.39 is 31.0 Å². The van der Waals surface area contributed by atoms with E-state index in [9.17, 15) is 4.39 Å². The first kappa shape index (κ1) is 11.0. The Labute approximate surface area is 87.6 Å². The molecule has 86 valence electrons. The topological polar surface area (TPSA) is 47.9 Å². The largest absolute Gasteiger partial charge is 0.393 e. The van der Waals surface area contributed by atoms with Crippen molar-refractivity contribution in [2.45, 2.75) is 38.1 Å². The number of hydrogen-bond donors (Lipinski definition) is 1. The molecule has 0 bridgehead atoms. The third-order valence-electron chi connectivity index (χ3n) is 2.54. The summed E-state index contributed by atoms with van der Waals surface area (Å²) in [6, 6.07) is 0. The van der Waals surface area contributed by atoms with Gasteiger partial charge in [-0.1, -0.05) is 0 Å². The fourth-order valence-electron chi connectivity index (χ4n) is 1.96. The predicted molar refractivity (Wildman–Crippen MR) is 49.8 cm³/mol. The van der Waals surface area contributed by atoms with Crippen molar-refractivity contribution in [1.29, 1.82) is 0 Å². The second-order valence-electron chi connectivity index (χ2n) is 4.09. The molecule has 0 aromatic heterocycles. The third-order valence-corrected chi connectivity index (χ3v) is 2.54. The molecule has 2 aliphatic heterocycles. The van der Waals surface area contributed by atoms with Gasteiger partial charge in [0, 0.05) is 0 Å². The first-order valence-corrected chi connectivity index (χ1v) is 4.95. The van der Waals surface area contributed by atoms with Crippen molar-refractivity contribution in [3.05, 3.63) is 11.6 Å². The quantitative estimate of drug-likeness (QED) is 0.695. The lowest BCUT2D eigenvalue weighted by molar-refractivity contribution is -0.202. The Morgan fingerprint density at radius 2 is 2.20 bits per heavy atom. The van der Waals surface area contributed by atoms with Gasteiger partial charge >= 0.3 is 0 Å². The van der Waals surface area contributed by atoms with Crippen molar-refractivity contribution in [3.63, 3.8) is 0 Å². The summed E-state index contributed by atoms with van der Waals surface area (Å²) in [6.45, 7) is 2.76. The number of halogens is 1. The highest BCUT2D eigenvalue weighted by molar-refractivity contribution is 5.21. The van der Waals surface area contributed by atoms with Gasteiger partial charge in [0.2, 0.25) is 0 Å². The average Bonchev–Trinajstić information content (AvgIpc) is 2.60. The Kier molecular flexibility index (Phi) is 2.81. The Hall–Kier alpha value is -0.490. The summed E-state index contributed by atoms with van der Waals surface area (Å²) in [5.41, 5.74) is 0.635. The molecule has 5 heteroatoms. The molecule has 2 rings (SSSR count). The zero-order valence-corrected chi connectivity index (χ0v) is 8.77. The molecule has 0 unspecified atom stereocenters. The van der Waals surface area contributed by atoms with Crippen LogP contribution in [0.25, 0.3) is 0 Å². The molecule has 0 aromatic carbocycles. The SMILES string of the molecule is CC1(C)O[C@H]2O[C@H](CO)/C(=C/CF)[C@H]2O1. The van der Waals surface area contributed by atoms with E-state index in [0.29, 0.717) is 5.57 Å². The molecule has 0 aromatic rings. The van der Waals surface area contributed by atoms with Crippen LogP contribution in [-0.4, -0.2) is 42.7 Å². The zero-order valence-electron chi connectivity index (χ0n) is 8.77. The molecule has 3 atom stereocenters. The normalized spacial score (nSPS) is 41.1. The fraction of sp³-hybridized carbons (Fsp3) is 0.800. The van der Waals surface area contributed by atoms with Crippen molar-refractivity contribution < 1.29 is 23.7 Å². The second-order valence-corrected chi connectivity index (χ2v) is 4.09. The molecule has 2 saturated heterocycles. The van der Waals surface area contributed by atoms with E-state index in [2.05, 4.69) is 0 Å². The number of hydrogen-bond acceptors (Lipinski definition) is 4. The van der Waals surface area contributed by atoms with Crippen LogP contribution in [0.5, 0.6) is 0 Å². The maximum atomic E-state index is 12.3. The minimum Gasteiger partial charge on any atom is -0.393 e. The number of aliphatic hydroxyl groups is 1. The number of ether oxygens (including phenoxy) is 3. The molecule has 0 saturated carbocycles. The van der Waals surface area contributed by atoms with Crippen LogP contribution in [0.1, 0.15) is 13.8 Å². The molecule has 0 radical (unpaired) electrons. The number of allylic oxidation sites excluding steroid dienone is 1. The first-order valence-electron chi connectivity index (χ1n) is 4.95. The highest BCUT2D eigenvalue weighted by Crippen LogP contribution is 2.40. The number of fused-ring (bicyclic) bond motifs is 1. The zero-order chi connectivity index (χ0) is 11.1. The first-order chi connectivity index (χ1) is 7.07. The summed E-state index contributed by atoms with van der Waals surface area (Å²) in [5.74, 6) is -0.717. The fourth-order valence-corrected chi connectivity index (χ4v) is 1.96. The Balaban J connectivity index is 2.18. The number of alkyl halides is 1. The standard InChI is InChI=1S/C10H15FO4/c1-10(2)14-8-6(3-4-11)7(5-12)13-9(8)15-10/h3,7-9,12H,4-5H2,1-2H3/b6-3-/t7-,8-,9-/m1/s1. The maximum Gasteiger partial charge on any atom is 0.191 e. The molecular formula is C10H15FO4. The van der Waals surface area contributed by atoms with Gasteiger partial charge in [-0.25, -0.2) is 4.39 Å². The van der Waals surface area contributed by atoms with Gasteiger partial charge in [-0.05, 0) is 25.5 Å². The van der Waals surface area contributed by atoms with Gasteiger partial charge in [0.05, 0.1) is 6.61 Å². The van der Waals surface area contributed by atoms with Crippen molar-refractivity contribution in [3.8, 4) is 0 Å². The molecule has 0 amide bonds. The second kappa shape index (κ2) is 3.83. The van der Waals surface area contributed by atoms with Gasteiger partial charge < -0.3 is 19.3 Å². The summed E-state index contributed by atoms with van der Waals surface area (Å²) < 4.78 is 28.7. The molecule has 4 nitrogen and oxygen atoms in total. The van der Waals surface area contributed by atoms with Gasteiger partial charge in [0.15, 0.2) is 12.1 Å². The average molecular weight is 218 g/mol. The van der Waals surface area contributed by atoms with E-state index in [-0.39, 0.29) is 6.61 Å². The summed E-state index contributed by atoms with van der Waals surface area (Å²) in [5, 5.41) is 9.05. The minimum atomic E-state index is -0.717. The van der Waals surface area contributed by atoms with Crippen LogP contribution in [0.15, 0.2) is 11.6 Å². The van der Waals surface area contributed by atoms with Crippen LogP contribution in [0.2, 0.25) is 0 Å². The van der Waals surface area contributed by atoms with E-state index in [1.165, 1.54) is 6.08 Å². The van der Waals surface area contributed by atoms with Gasteiger partial charge in [-0.2, -0.15) is 0 Å². The van der Waals surface area contributed by atoms with Crippen LogP contribution in [0.3, 0.4) is 0 Å². The van der Waals surface area contributed by atoms with Crippen molar-refractivity contribution in [2.24, 2.45) is 0 Å². The Morgan fingerprint density at radius 1 is 1.47 bits per heavy atom. The van der Waals surface area contributed by atoms with Crippen molar-refractivity contribution >= 4 is 0 Å².